The molecule has 1 atom stereocenters. The number of carboxylic acid groups (broad SMARTS) is 1. The summed E-state index contributed by atoms with van der Waals surface area (Å²) in [5, 5.41) is 17.4. The highest BCUT2D eigenvalue weighted by Gasteiger charge is 2.20. The molecule has 0 amide bonds. The maximum absolute atomic E-state index is 11.6. The molecule has 3 aromatic rings. The summed E-state index contributed by atoms with van der Waals surface area (Å²) in [6.07, 6.45) is 2.00. The fourth-order valence-corrected chi connectivity index (χ4v) is 2.46. The predicted octanol–water partition coefficient (Wildman–Crippen LogP) is 1.78. The fraction of sp³-hybridized carbons (Fsp3) is 0.250. The number of nitrogens with zero attached hydrogens (tertiary/aromatic N) is 4. The molecule has 1 aromatic carbocycles. The molecule has 2 aromatic heterocycles. The van der Waals surface area contributed by atoms with Crippen LogP contribution in [0.1, 0.15) is 11.4 Å². The summed E-state index contributed by atoms with van der Waals surface area (Å²) in [7, 11) is 1.79. The quantitative estimate of drug-likeness (QED) is 0.746. The van der Waals surface area contributed by atoms with Gasteiger partial charge in [-0.25, -0.2) is 14.8 Å². The molecule has 0 aliphatic carbocycles. The Morgan fingerprint density at radius 1 is 1.30 bits per heavy atom. The van der Waals surface area contributed by atoms with E-state index in [1.54, 1.807) is 24.9 Å². The Balaban J connectivity index is 1.93. The van der Waals surface area contributed by atoms with Crippen LogP contribution in [-0.2, 0) is 18.3 Å². The van der Waals surface area contributed by atoms with E-state index < -0.39 is 12.0 Å². The monoisotopic (exact) mass is 311 g/mol. The highest BCUT2D eigenvalue weighted by molar-refractivity contribution is 5.88. The van der Waals surface area contributed by atoms with Crippen molar-refractivity contribution in [1.82, 2.24) is 19.7 Å². The Labute approximate surface area is 133 Å². The van der Waals surface area contributed by atoms with Crippen molar-refractivity contribution in [3.05, 3.63) is 47.9 Å². The minimum Gasteiger partial charge on any atom is -0.480 e. The summed E-state index contributed by atoms with van der Waals surface area (Å²) in [6.45, 7) is 1.77. The van der Waals surface area contributed by atoms with Crippen molar-refractivity contribution in [2.45, 2.75) is 19.4 Å². The van der Waals surface area contributed by atoms with Gasteiger partial charge < -0.3 is 10.4 Å². The molecule has 0 spiro atoms. The van der Waals surface area contributed by atoms with Crippen molar-refractivity contribution < 1.29 is 9.90 Å². The van der Waals surface area contributed by atoms with E-state index in [4.69, 9.17) is 0 Å². The van der Waals surface area contributed by atoms with Gasteiger partial charge in [-0.2, -0.15) is 5.10 Å². The molecule has 3 rings (SSSR count). The van der Waals surface area contributed by atoms with E-state index >= 15 is 0 Å². The third-order valence-corrected chi connectivity index (χ3v) is 3.60. The molecule has 0 bridgehead atoms. The summed E-state index contributed by atoms with van der Waals surface area (Å²) >= 11 is 0. The van der Waals surface area contributed by atoms with E-state index in [-0.39, 0.29) is 0 Å². The number of hydrogen-bond donors (Lipinski definition) is 2. The van der Waals surface area contributed by atoms with E-state index in [1.165, 1.54) is 0 Å². The van der Waals surface area contributed by atoms with E-state index in [0.29, 0.717) is 29.1 Å². The summed E-state index contributed by atoms with van der Waals surface area (Å²) in [5.74, 6) is 0.124. The van der Waals surface area contributed by atoms with Gasteiger partial charge in [-0.15, -0.1) is 0 Å². The molecule has 0 unspecified atom stereocenters. The third-order valence-electron chi connectivity index (χ3n) is 3.60. The van der Waals surface area contributed by atoms with Gasteiger partial charge in [-0.05, 0) is 12.5 Å². The number of aliphatic carboxylic acids is 1. The van der Waals surface area contributed by atoms with Crippen molar-refractivity contribution >= 4 is 22.8 Å². The average Bonchev–Trinajstić information content (AvgIpc) is 2.89. The Bertz CT molecular complexity index is 844. The minimum absolute atomic E-state index is 0.362. The van der Waals surface area contributed by atoms with Crippen LogP contribution in [0.3, 0.4) is 0 Å². The molecule has 7 nitrogen and oxygen atoms in total. The minimum atomic E-state index is -0.929. The first-order valence-electron chi connectivity index (χ1n) is 7.24. The highest BCUT2D eigenvalue weighted by atomic mass is 16.4. The van der Waals surface area contributed by atoms with Gasteiger partial charge in [0, 0.05) is 13.5 Å². The number of carbonyl (C=O) groups is 1. The SMILES string of the molecule is Cc1nc(N[C@@H](Cc2ccccc2)C(=O)O)c2cnn(C)c2n1. The standard InChI is InChI=1S/C16H17N5O2/c1-10-18-14(12-9-17-21(2)15(12)19-10)20-13(16(22)23)8-11-6-4-3-5-7-11/h3-7,9,13H,8H2,1-2H3,(H,22,23)(H,18,19,20)/t13-/m0/s1. The van der Waals surface area contributed by atoms with Gasteiger partial charge in [0.25, 0.3) is 0 Å². The summed E-state index contributed by atoms with van der Waals surface area (Å²) < 4.78 is 1.64. The smallest absolute Gasteiger partial charge is 0.326 e. The van der Waals surface area contributed by atoms with Crippen LogP contribution in [0.4, 0.5) is 5.82 Å². The van der Waals surface area contributed by atoms with Crippen molar-refractivity contribution in [2.24, 2.45) is 7.05 Å². The van der Waals surface area contributed by atoms with Crippen molar-refractivity contribution in [3.63, 3.8) is 0 Å². The summed E-state index contributed by atoms with van der Waals surface area (Å²) in [6, 6.07) is 8.71. The zero-order valence-corrected chi connectivity index (χ0v) is 12.9. The molecule has 2 heterocycles. The van der Waals surface area contributed by atoms with Gasteiger partial charge >= 0.3 is 5.97 Å². The topological polar surface area (TPSA) is 92.9 Å². The number of anilines is 1. The second-order valence-corrected chi connectivity index (χ2v) is 5.35. The molecular weight excluding hydrogens is 294 g/mol. The molecule has 0 fully saturated rings. The second kappa shape index (κ2) is 6.04. The van der Waals surface area contributed by atoms with Gasteiger partial charge in [-0.3, -0.25) is 4.68 Å². The number of nitrogens with one attached hydrogen (secondary N) is 1. The lowest BCUT2D eigenvalue weighted by Gasteiger charge is -2.16. The van der Waals surface area contributed by atoms with E-state index in [9.17, 15) is 9.90 Å². The number of fused-ring (bicyclic) bond motifs is 1. The molecule has 118 valence electrons. The van der Waals surface area contributed by atoms with Gasteiger partial charge in [0.15, 0.2) is 5.65 Å². The lowest BCUT2D eigenvalue weighted by atomic mass is 10.1. The van der Waals surface area contributed by atoms with Crippen LogP contribution in [-0.4, -0.2) is 36.9 Å². The molecular formula is C16H17N5O2. The largest absolute Gasteiger partial charge is 0.480 e. The number of aromatic nitrogens is 4. The lowest BCUT2D eigenvalue weighted by Crippen LogP contribution is -2.32. The molecule has 0 aliphatic rings. The van der Waals surface area contributed by atoms with Crippen LogP contribution in [0.25, 0.3) is 11.0 Å². The molecule has 0 saturated carbocycles. The Morgan fingerprint density at radius 3 is 2.74 bits per heavy atom. The molecule has 7 heteroatoms. The maximum Gasteiger partial charge on any atom is 0.326 e. The average molecular weight is 311 g/mol. The van der Waals surface area contributed by atoms with Crippen LogP contribution in [0.15, 0.2) is 36.5 Å². The van der Waals surface area contributed by atoms with Crippen LogP contribution in [0, 0.1) is 6.92 Å². The van der Waals surface area contributed by atoms with Crippen molar-refractivity contribution in [1.29, 1.82) is 0 Å². The molecule has 0 saturated heterocycles. The number of rotatable bonds is 5. The molecule has 0 radical (unpaired) electrons. The third kappa shape index (κ3) is 3.13. The first kappa shape index (κ1) is 15.0. The Morgan fingerprint density at radius 2 is 2.04 bits per heavy atom. The molecule has 23 heavy (non-hydrogen) atoms. The molecule has 0 aliphatic heterocycles. The van der Waals surface area contributed by atoms with E-state index in [2.05, 4.69) is 20.4 Å². The van der Waals surface area contributed by atoms with Gasteiger partial charge in [0.05, 0.1) is 11.6 Å². The lowest BCUT2D eigenvalue weighted by molar-refractivity contribution is -0.137. The van der Waals surface area contributed by atoms with Gasteiger partial charge in [0.2, 0.25) is 0 Å². The number of hydrogen-bond acceptors (Lipinski definition) is 5. The summed E-state index contributed by atoms with van der Waals surface area (Å²) in [5.41, 5.74) is 1.62. The predicted molar refractivity (Wildman–Crippen MR) is 86.2 cm³/mol. The number of benzene rings is 1. The van der Waals surface area contributed by atoms with Crippen molar-refractivity contribution in [2.75, 3.05) is 5.32 Å². The second-order valence-electron chi connectivity index (χ2n) is 5.35. The van der Waals surface area contributed by atoms with E-state index in [1.807, 2.05) is 30.3 Å². The first-order valence-corrected chi connectivity index (χ1v) is 7.24. The Hall–Kier alpha value is -2.96. The molecule has 2 N–H and O–H groups in total. The normalized spacial score (nSPS) is 12.3. The fourth-order valence-electron chi connectivity index (χ4n) is 2.46. The zero-order chi connectivity index (χ0) is 16.4. The van der Waals surface area contributed by atoms with Crippen molar-refractivity contribution in [3.8, 4) is 0 Å². The van der Waals surface area contributed by atoms with Crippen LogP contribution < -0.4 is 5.32 Å². The maximum atomic E-state index is 11.6. The zero-order valence-electron chi connectivity index (χ0n) is 12.9. The highest BCUT2D eigenvalue weighted by Crippen LogP contribution is 2.21. The first-order chi connectivity index (χ1) is 11.0. The van der Waals surface area contributed by atoms with Crippen LogP contribution >= 0.6 is 0 Å². The van der Waals surface area contributed by atoms with Crippen LogP contribution in [0.2, 0.25) is 0 Å². The number of aryl methyl sites for hydroxylation is 2. The Kier molecular flexibility index (Phi) is 3.92. The van der Waals surface area contributed by atoms with Crippen LogP contribution in [0.5, 0.6) is 0 Å². The van der Waals surface area contributed by atoms with Gasteiger partial charge in [0.1, 0.15) is 17.7 Å². The number of carboxylic acids is 1. The summed E-state index contributed by atoms with van der Waals surface area (Å²) in [4.78, 5) is 20.3. The van der Waals surface area contributed by atoms with Gasteiger partial charge in [-0.1, -0.05) is 30.3 Å². The van der Waals surface area contributed by atoms with E-state index in [0.717, 1.165) is 5.56 Å².